The van der Waals surface area contributed by atoms with Gasteiger partial charge in [0.25, 0.3) is 0 Å². The van der Waals surface area contributed by atoms with Gasteiger partial charge < -0.3 is 10.6 Å². The lowest BCUT2D eigenvalue weighted by Gasteiger charge is -2.32. The van der Waals surface area contributed by atoms with E-state index >= 15 is 0 Å². The van der Waals surface area contributed by atoms with Crippen molar-refractivity contribution in [1.82, 2.24) is 0 Å². The first kappa shape index (κ1) is 13.3. The second kappa shape index (κ2) is 5.67. The average Bonchev–Trinajstić information content (AvgIpc) is 2.46. The zero-order valence-electron chi connectivity index (χ0n) is 10.6. The van der Waals surface area contributed by atoms with Crippen molar-refractivity contribution < 1.29 is 4.92 Å². The Morgan fingerprint density at radius 1 is 1.47 bits per heavy atom. The smallest absolute Gasteiger partial charge is 0.310 e. The quantitative estimate of drug-likeness (QED) is 0.658. The fraction of sp³-hybridized carbons (Fsp3) is 0.462. The molecular weight excluding hydrogens is 244 g/mol. The molecule has 0 atom stereocenters. The first-order valence-corrected chi connectivity index (χ1v) is 6.30. The molecule has 2 N–H and O–H groups in total. The van der Waals surface area contributed by atoms with Crippen LogP contribution in [0.1, 0.15) is 18.4 Å². The maximum atomic E-state index is 11.2. The van der Waals surface area contributed by atoms with Crippen molar-refractivity contribution in [2.75, 3.05) is 24.5 Å². The summed E-state index contributed by atoms with van der Waals surface area (Å²) in [4.78, 5) is 12.7. The van der Waals surface area contributed by atoms with Gasteiger partial charge in [0, 0.05) is 13.1 Å². The van der Waals surface area contributed by atoms with Crippen LogP contribution in [-0.4, -0.2) is 24.6 Å². The van der Waals surface area contributed by atoms with Gasteiger partial charge in [0.05, 0.1) is 4.92 Å². The summed E-state index contributed by atoms with van der Waals surface area (Å²) in [5, 5.41) is 20.2. The first-order valence-electron chi connectivity index (χ1n) is 6.30. The van der Waals surface area contributed by atoms with E-state index in [9.17, 15) is 10.1 Å². The number of rotatable bonds is 3. The second-order valence-electron chi connectivity index (χ2n) is 4.71. The van der Waals surface area contributed by atoms with E-state index in [0.29, 0.717) is 18.2 Å². The summed E-state index contributed by atoms with van der Waals surface area (Å²) in [7, 11) is 0. The van der Waals surface area contributed by atoms with Crippen LogP contribution in [0.3, 0.4) is 0 Å². The highest BCUT2D eigenvalue weighted by molar-refractivity contribution is 5.69. The van der Waals surface area contributed by atoms with Crippen molar-refractivity contribution >= 4 is 11.4 Å². The third-order valence-electron chi connectivity index (χ3n) is 3.61. The zero-order valence-corrected chi connectivity index (χ0v) is 10.6. The summed E-state index contributed by atoms with van der Waals surface area (Å²) in [6.07, 6.45) is 1.87. The van der Waals surface area contributed by atoms with Crippen LogP contribution in [-0.2, 0) is 0 Å². The molecule has 1 saturated heterocycles. The summed E-state index contributed by atoms with van der Waals surface area (Å²) < 4.78 is 0. The molecule has 0 aliphatic carbocycles. The van der Waals surface area contributed by atoms with E-state index in [0.717, 1.165) is 25.9 Å². The van der Waals surface area contributed by atoms with E-state index in [2.05, 4.69) is 0 Å². The predicted octanol–water partition coefficient (Wildman–Crippen LogP) is 1.64. The molecule has 0 amide bonds. The molecule has 100 valence electrons. The molecule has 1 aliphatic rings. The van der Waals surface area contributed by atoms with Gasteiger partial charge in [0.2, 0.25) is 0 Å². The number of nitro benzene ring substituents is 1. The SMILES string of the molecule is N#Cc1cccc(N2CCC(CN)CC2)c1[N+](=O)[O-]. The Kier molecular flexibility index (Phi) is 3.97. The van der Waals surface area contributed by atoms with Crippen LogP contribution in [0.5, 0.6) is 0 Å². The molecule has 2 rings (SSSR count). The number of anilines is 1. The fourth-order valence-electron chi connectivity index (χ4n) is 2.48. The molecule has 6 nitrogen and oxygen atoms in total. The van der Waals surface area contributed by atoms with E-state index in [-0.39, 0.29) is 11.3 Å². The Hall–Kier alpha value is -2.13. The van der Waals surface area contributed by atoms with Gasteiger partial charge in [0.15, 0.2) is 0 Å². The van der Waals surface area contributed by atoms with E-state index < -0.39 is 4.92 Å². The molecule has 0 spiro atoms. The molecule has 1 aromatic rings. The van der Waals surface area contributed by atoms with Crippen molar-refractivity contribution in [3.63, 3.8) is 0 Å². The van der Waals surface area contributed by atoms with E-state index in [1.807, 2.05) is 11.0 Å². The fourth-order valence-corrected chi connectivity index (χ4v) is 2.48. The lowest BCUT2D eigenvalue weighted by atomic mass is 9.96. The Labute approximate surface area is 111 Å². The number of nitrogens with two attached hydrogens (primary N) is 1. The summed E-state index contributed by atoms with van der Waals surface area (Å²) >= 11 is 0. The normalized spacial score (nSPS) is 16.1. The van der Waals surface area contributed by atoms with E-state index in [1.54, 1.807) is 12.1 Å². The molecule has 0 saturated carbocycles. The van der Waals surface area contributed by atoms with Crippen molar-refractivity contribution in [3.8, 4) is 6.07 Å². The molecule has 0 unspecified atom stereocenters. The van der Waals surface area contributed by atoms with Crippen LogP contribution < -0.4 is 10.6 Å². The summed E-state index contributed by atoms with van der Waals surface area (Å²) in [5.74, 6) is 0.495. The van der Waals surface area contributed by atoms with Crippen LogP contribution >= 0.6 is 0 Å². The Balaban J connectivity index is 2.31. The number of para-hydroxylation sites is 1. The Morgan fingerprint density at radius 3 is 2.68 bits per heavy atom. The van der Waals surface area contributed by atoms with Gasteiger partial charge in [-0.05, 0) is 37.4 Å². The highest BCUT2D eigenvalue weighted by Crippen LogP contribution is 2.33. The average molecular weight is 260 g/mol. The monoisotopic (exact) mass is 260 g/mol. The number of benzene rings is 1. The minimum Gasteiger partial charge on any atom is -0.366 e. The van der Waals surface area contributed by atoms with E-state index in [1.165, 1.54) is 6.07 Å². The third-order valence-corrected chi connectivity index (χ3v) is 3.61. The summed E-state index contributed by atoms with van der Waals surface area (Å²) in [6, 6.07) is 6.77. The van der Waals surface area contributed by atoms with Crippen molar-refractivity contribution in [3.05, 3.63) is 33.9 Å². The third kappa shape index (κ3) is 2.66. The number of nitro groups is 1. The van der Waals surface area contributed by atoms with Gasteiger partial charge >= 0.3 is 5.69 Å². The molecule has 1 fully saturated rings. The standard InChI is InChI=1S/C13H16N4O2/c14-8-10-4-6-16(7-5-10)12-3-1-2-11(9-15)13(12)17(18)19/h1-3,10H,4-8,14H2. The van der Waals surface area contributed by atoms with Crippen LogP contribution in [0.15, 0.2) is 18.2 Å². The zero-order chi connectivity index (χ0) is 13.8. The molecular formula is C13H16N4O2. The maximum absolute atomic E-state index is 11.2. The Morgan fingerprint density at radius 2 is 2.16 bits per heavy atom. The molecule has 0 radical (unpaired) electrons. The Bertz CT molecular complexity index is 516. The van der Waals surface area contributed by atoms with Crippen LogP contribution in [0, 0.1) is 27.4 Å². The number of nitriles is 1. The van der Waals surface area contributed by atoms with Gasteiger partial charge in [-0.15, -0.1) is 0 Å². The van der Waals surface area contributed by atoms with Crippen molar-refractivity contribution in [2.45, 2.75) is 12.8 Å². The molecule has 0 aromatic heterocycles. The maximum Gasteiger partial charge on any atom is 0.310 e. The summed E-state index contributed by atoms with van der Waals surface area (Å²) in [5.41, 5.74) is 6.21. The van der Waals surface area contributed by atoms with Gasteiger partial charge in [-0.25, -0.2) is 0 Å². The van der Waals surface area contributed by atoms with Gasteiger partial charge in [-0.3, -0.25) is 10.1 Å². The van der Waals surface area contributed by atoms with E-state index in [4.69, 9.17) is 11.0 Å². The molecule has 6 heteroatoms. The highest BCUT2D eigenvalue weighted by Gasteiger charge is 2.26. The molecule has 0 bridgehead atoms. The number of nitrogens with zero attached hydrogens (tertiary/aromatic N) is 3. The van der Waals surface area contributed by atoms with Crippen LogP contribution in [0.4, 0.5) is 11.4 Å². The molecule has 1 aromatic carbocycles. The minimum absolute atomic E-state index is 0.0869. The minimum atomic E-state index is -0.469. The van der Waals surface area contributed by atoms with Gasteiger partial charge in [0.1, 0.15) is 17.3 Å². The second-order valence-corrected chi connectivity index (χ2v) is 4.71. The van der Waals surface area contributed by atoms with Crippen molar-refractivity contribution in [1.29, 1.82) is 5.26 Å². The highest BCUT2D eigenvalue weighted by atomic mass is 16.6. The number of hydrogen-bond acceptors (Lipinski definition) is 5. The summed E-state index contributed by atoms with van der Waals surface area (Å²) in [6.45, 7) is 2.16. The van der Waals surface area contributed by atoms with Crippen molar-refractivity contribution in [2.24, 2.45) is 11.7 Å². The van der Waals surface area contributed by atoms with Gasteiger partial charge in [-0.1, -0.05) is 6.07 Å². The lowest BCUT2D eigenvalue weighted by molar-refractivity contribution is -0.384. The molecule has 19 heavy (non-hydrogen) atoms. The van der Waals surface area contributed by atoms with Gasteiger partial charge in [-0.2, -0.15) is 5.26 Å². The lowest BCUT2D eigenvalue weighted by Crippen LogP contribution is -2.36. The number of hydrogen-bond donors (Lipinski definition) is 1. The first-order chi connectivity index (χ1) is 9.17. The number of piperidine rings is 1. The van der Waals surface area contributed by atoms with Crippen LogP contribution in [0.2, 0.25) is 0 Å². The largest absolute Gasteiger partial charge is 0.366 e. The topological polar surface area (TPSA) is 96.2 Å². The van der Waals surface area contributed by atoms with Crippen LogP contribution in [0.25, 0.3) is 0 Å². The molecule has 1 heterocycles. The molecule has 1 aliphatic heterocycles. The predicted molar refractivity (Wildman–Crippen MR) is 71.8 cm³/mol.